The number of aromatic nitrogens is 5. The Balaban J connectivity index is 1.33. The predicted molar refractivity (Wildman–Crippen MR) is 117 cm³/mol. The maximum absolute atomic E-state index is 12.7. The standard InChI is InChI=1S/C23H23N7O/c1-16-4-6-20(12-25-16)26-23(31)19-5-7-21-27-28-22(30(21)15-19)18-8-10-29(14-18)13-17-3-2-9-24-11-17/h2-7,9,11-12,15,18H,8,10,13-14H2,1H3,(H,26,31). The number of nitrogens with zero attached hydrogens (tertiary/aromatic N) is 6. The van der Waals surface area contributed by atoms with Gasteiger partial charge in [0.05, 0.1) is 17.4 Å². The summed E-state index contributed by atoms with van der Waals surface area (Å²) in [6.45, 7) is 4.68. The lowest BCUT2D eigenvalue weighted by atomic mass is 10.1. The Morgan fingerprint density at radius 2 is 2.10 bits per heavy atom. The monoisotopic (exact) mass is 413 g/mol. The second kappa shape index (κ2) is 8.23. The molecule has 8 heteroatoms. The second-order valence-electron chi connectivity index (χ2n) is 7.93. The number of hydrogen-bond acceptors (Lipinski definition) is 6. The average molecular weight is 413 g/mol. The molecular formula is C23H23N7O. The largest absolute Gasteiger partial charge is 0.321 e. The van der Waals surface area contributed by atoms with Crippen molar-refractivity contribution in [3.8, 4) is 0 Å². The summed E-state index contributed by atoms with van der Waals surface area (Å²) in [4.78, 5) is 23.6. The van der Waals surface area contributed by atoms with Crippen molar-refractivity contribution in [2.75, 3.05) is 18.4 Å². The van der Waals surface area contributed by atoms with E-state index in [0.717, 1.165) is 43.2 Å². The molecule has 5 rings (SSSR count). The minimum absolute atomic E-state index is 0.183. The fourth-order valence-electron chi connectivity index (χ4n) is 4.00. The second-order valence-corrected chi connectivity index (χ2v) is 7.93. The molecule has 0 saturated carbocycles. The van der Waals surface area contributed by atoms with Crippen LogP contribution in [0.25, 0.3) is 5.65 Å². The summed E-state index contributed by atoms with van der Waals surface area (Å²) >= 11 is 0. The molecular weight excluding hydrogens is 390 g/mol. The van der Waals surface area contributed by atoms with Crippen molar-refractivity contribution >= 4 is 17.2 Å². The molecule has 0 spiro atoms. The SMILES string of the molecule is Cc1ccc(NC(=O)c2ccc3nnc(C4CCN(Cc5cccnc5)C4)n3c2)cn1. The molecule has 1 aliphatic heterocycles. The zero-order valence-electron chi connectivity index (χ0n) is 17.3. The number of anilines is 1. The Kier molecular flexibility index (Phi) is 5.13. The summed E-state index contributed by atoms with van der Waals surface area (Å²) in [5, 5.41) is 11.7. The van der Waals surface area contributed by atoms with E-state index in [1.54, 1.807) is 18.5 Å². The Labute approximate surface area is 180 Å². The molecule has 1 atom stereocenters. The van der Waals surface area contributed by atoms with E-state index in [4.69, 9.17) is 0 Å². The van der Waals surface area contributed by atoms with Crippen molar-refractivity contribution in [1.29, 1.82) is 0 Å². The first kappa shape index (κ1) is 19.3. The average Bonchev–Trinajstić information content (AvgIpc) is 3.42. The topological polar surface area (TPSA) is 88.3 Å². The minimum atomic E-state index is -0.183. The fraction of sp³-hybridized carbons (Fsp3) is 0.261. The van der Waals surface area contributed by atoms with Crippen LogP contribution >= 0.6 is 0 Å². The number of pyridine rings is 3. The van der Waals surface area contributed by atoms with Gasteiger partial charge in [0, 0.05) is 43.3 Å². The fourth-order valence-corrected chi connectivity index (χ4v) is 4.00. The Hall–Kier alpha value is -3.65. The molecule has 0 aromatic carbocycles. The molecule has 0 radical (unpaired) electrons. The number of carbonyl (C=O) groups is 1. The molecule has 1 unspecified atom stereocenters. The van der Waals surface area contributed by atoms with Gasteiger partial charge >= 0.3 is 0 Å². The molecule has 1 fully saturated rings. The quantitative estimate of drug-likeness (QED) is 0.541. The first-order valence-electron chi connectivity index (χ1n) is 10.4. The van der Waals surface area contributed by atoms with Gasteiger partial charge in [-0.25, -0.2) is 0 Å². The Morgan fingerprint density at radius 1 is 1.16 bits per heavy atom. The third-order valence-electron chi connectivity index (χ3n) is 5.63. The van der Waals surface area contributed by atoms with Gasteiger partial charge in [-0.15, -0.1) is 10.2 Å². The van der Waals surface area contributed by atoms with Gasteiger partial charge in [-0.1, -0.05) is 6.07 Å². The lowest BCUT2D eigenvalue weighted by Crippen LogP contribution is -2.20. The van der Waals surface area contributed by atoms with E-state index in [9.17, 15) is 4.79 Å². The van der Waals surface area contributed by atoms with E-state index in [1.165, 1.54) is 5.56 Å². The van der Waals surface area contributed by atoms with Gasteiger partial charge in [-0.05, 0) is 55.8 Å². The number of nitrogens with one attached hydrogen (secondary N) is 1. The summed E-state index contributed by atoms with van der Waals surface area (Å²) < 4.78 is 1.94. The lowest BCUT2D eigenvalue weighted by Gasteiger charge is -2.15. The summed E-state index contributed by atoms with van der Waals surface area (Å²) in [7, 11) is 0. The van der Waals surface area contributed by atoms with Crippen molar-refractivity contribution in [2.24, 2.45) is 0 Å². The van der Waals surface area contributed by atoms with Gasteiger partial charge in [0.15, 0.2) is 5.65 Å². The van der Waals surface area contributed by atoms with Gasteiger partial charge in [0.2, 0.25) is 0 Å². The highest BCUT2D eigenvalue weighted by Crippen LogP contribution is 2.27. The van der Waals surface area contributed by atoms with Crippen molar-refractivity contribution in [3.63, 3.8) is 0 Å². The Bertz CT molecular complexity index is 1200. The summed E-state index contributed by atoms with van der Waals surface area (Å²) in [6, 6.07) is 11.4. The van der Waals surface area contributed by atoms with E-state index in [1.807, 2.05) is 48.0 Å². The van der Waals surface area contributed by atoms with Crippen LogP contribution in [0.15, 0.2) is 61.2 Å². The van der Waals surface area contributed by atoms with Crippen LogP contribution in [0, 0.1) is 6.92 Å². The van der Waals surface area contributed by atoms with Crippen LogP contribution in [0.1, 0.15) is 39.8 Å². The summed E-state index contributed by atoms with van der Waals surface area (Å²) in [5.74, 6) is 0.985. The molecule has 1 aliphatic rings. The first-order valence-corrected chi connectivity index (χ1v) is 10.4. The highest BCUT2D eigenvalue weighted by Gasteiger charge is 2.28. The van der Waals surface area contributed by atoms with E-state index in [0.29, 0.717) is 11.3 Å². The molecule has 1 amide bonds. The highest BCUT2D eigenvalue weighted by atomic mass is 16.1. The first-order chi connectivity index (χ1) is 15.2. The third kappa shape index (κ3) is 4.15. The van der Waals surface area contributed by atoms with Crippen molar-refractivity contribution in [1.82, 2.24) is 29.5 Å². The Morgan fingerprint density at radius 3 is 2.90 bits per heavy atom. The number of amides is 1. The predicted octanol–water partition coefficient (Wildman–Crippen LogP) is 3.07. The maximum atomic E-state index is 12.7. The zero-order chi connectivity index (χ0) is 21.2. The van der Waals surface area contributed by atoms with Crippen LogP contribution in [0.3, 0.4) is 0 Å². The molecule has 5 heterocycles. The van der Waals surface area contributed by atoms with E-state index < -0.39 is 0 Å². The van der Waals surface area contributed by atoms with Crippen LogP contribution in [0.5, 0.6) is 0 Å². The van der Waals surface area contributed by atoms with Gasteiger partial charge < -0.3 is 5.32 Å². The van der Waals surface area contributed by atoms with E-state index >= 15 is 0 Å². The molecule has 4 aromatic heterocycles. The molecule has 8 nitrogen and oxygen atoms in total. The summed E-state index contributed by atoms with van der Waals surface area (Å²) in [6.07, 6.45) is 8.19. The molecule has 31 heavy (non-hydrogen) atoms. The van der Waals surface area contributed by atoms with Crippen molar-refractivity contribution < 1.29 is 4.79 Å². The van der Waals surface area contributed by atoms with Crippen LogP contribution in [-0.2, 0) is 6.54 Å². The summed E-state index contributed by atoms with van der Waals surface area (Å²) in [5.41, 5.74) is 4.08. The van der Waals surface area contributed by atoms with Gasteiger partial charge in [-0.2, -0.15) is 0 Å². The van der Waals surface area contributed by atoms with Gasteiger partial charge in [0.1, 0.15) is 5.82 Å². The number of aryl methyl sites for hydroxylation is 1. The lowest BCUT2D eigenvalue weighted by molar-refractivity contribution is 0.102. The zero-order valence-corrected chi connectivity index (χ0v) is 17.3. The van der Waals surface area contributed by atoms with Crippen molar-refractivity contribution in [2.45, 2.75) is 25.8 Å². The number of hydrogen-bond donors (Lipinski definition) is 1. The van der Waals surface area contributed by atoms with Crippen LogP contribution in [0.2, 0.25) is 0 Å². The molecule has 1 saturated heterocycles. The molecule has 0 aliphatic carbocycles. The van der Waals surface area contributed by atoms with E-state index in [2.05, 4.69) is 36.4 Å². The molecule has 156 valence electrons. The number of rotatable bonds is 5. The van der Waals surface area contributed by atoms with Crippen LogP contribution < -0.4 is 5.32 Å². The van der Waals surface area contributed by atoms with Gasteiger partial charge in [-0.3, -0.25) is 24.1 Å². The molecule has 1 N–H and O–H groups in total. The van der Waals surface area contributed by atoms with Gasteiger partial charge in [0.25, 0.3) is 5.91 Å². The van der Waals surface area contributed by atoms with Crippen molar-refractivity contribution in [3.05, 3.63) is 83.8 Å². The normalized spacial score (nSPS) is 16.6. The van der Waals surface area contributed by atoms with Crippen LogP contribution in [0.4, 0.5) is 5.69 Å². The number of fused-ring (bicyclic) bond motifs is 1. The maximum Gasteiger partial charge on any atom is 0.257 e. The third-order valence-corrected chi connectivity index (χ3v) is 5.63. The van der Waals surface area contributed by atoms with Crippen LogP contribution in [-0.4, -0.2) is 48.5 Å². The smallest absolute Gasteiger partial charge is 0.257 e. The number of likely N-dealkylation sites (tertiary alicyclic amines) is 1. The molecule has 4 aromatic rings. The molecule has 0 bridgehead atoms. The highest BCUT2D eigenvalue weighted by molar-refractivity contribution is 6.04. The minimum Gasteiger partial charge on any atom is -0.321 e. The van der Waals surface area contributed by atoms with E-state index in [-0.39, 0.29) is 11.8 Å². The number of carbonyl (C=O) groups excluding carboxylic acids is 1.